The van der Waals surface area contributed by atoms with E-state index in [9.17, 15) is 5.11 Å². The SMILES string of the molecule is CCCn1ncc(OC)c1C(O)CSc1ccccc1Br. The number of methoxy groups -OCH3 is 1. The van der Waals surface area contributed by atoms with E-state index in [0.717, 1.165) is 28.0 Å². The van der Waals surface area contributed by atoms with E-state index in [2.05, 4.69) is 28.0 Å². The Bertz CT molecular complexity index is 589. The molecule has 0 saturated carbocycles. The van der Waals surface area contributed by atoms with Crippen LogP contribution in [0.25, 0.3) is 0 Å². The predicted molar refractivity (Wildman–Crippen MR) is 88.9 cm³/mol. The number of ether oxygens (including phenoxy) is 1. The average molecular weight is 371 g/mol. The summed E-state index contributed by atoms with van der Waals surface area (Å²) < 4.78 is 8.17. The number of hydrogen-bond acceptors (Lipinski definition) is 4. The van der Waals surface area contributed by atoms with Crippen molar-refractivity contribution in [2.75, 3.05) is 12.9 Å². The molecule has 1 unspecified atom stereocenters. The lowest BCUT2D eigenvalue weighted by molar-refractivity contribution is 0.186. The molecule has 1 N–H and O–H groups in total. The van der Waals surface area contributed by atoms with E-state index in [-0.39, 0.29) is 0 Å². The fourth-order valence-corrected chi connectivity index (χ4v) is 3.57. The first-order valence-electron chi connectivity index (χ1n) is 6.82. The Kier molecular flexibility index (Phi) is 6.14. The summed E-state index contributed by atoms with van der Waals surface area (Å²) in [5.41, 5.74) is 0.749. The van der Waals surface area contributed by atoms with Gasteiger partial charge in [0.15, 0.2) is 5.75 Å². The lowest BCUT2D eigenvalue weighted by Crippen LogP contribution is -2.12. The summed E-state index contributed by atoms with van der Waals surface area (Å²) in [6.45, 7) is 2.86. The zero-order valence-electron chi connectivity index (χ0n) is 12.1. The number of benzene rings is 1. The second-order valence-electron chi connectivity index (χ2n) is 4.58. The average Bonchev–Trinajstić information content (AvgIpc) is 2.89. The minimum absolute atomic E-state index is 0.550. The highest BCUT2D eigenvalue weighted by molar-refractivity contribution is 9.10. The molecule has 0 radical (unpaired) electrons. The Morgan fingerprint density at radius 3 is 2.86 bits per heavy atom. The predicted octanol–water partition coefficient (Wildman–Crippen LogP) is 3.89. The zero-order valence-corrected chi connectivity index (χ0v) is 14.5. The molecule has 21 heavy (non-hydrogen) atoms. The van der Waals surface area contributed by atoms with Crippen LogP contribution in [0.15, 0.2) is 39.8 Å². The van der Waals surface area contributed by atoms with Crippen LogP contribution in [-0.2, 0) is 6.54 Å². The van der Waals surface area contributed by atoms with Gasteiger partial charge in [-0.05, 0) is 34.5 Å². The first-order chi connectivity index (χ1) is 10.2. The Balaban J connectivity index is 2.11. The number of aliphatic hydroxyl groups excluding tert-OH is 1. The molecule has 0 aliphatic heterocycles. The van der Waals surface area contributed by atoms with Crippen LogP contribution < -0.4 is 4.74 Å². The lowest BCUT2D eigenvalue weighted by Gasteiger charge is -2.15. The highest BCUT2D eigenvalue weighted by atomic mass is 79.9. The van der Waals surface area contributed by atoms with Crippen molar-refractivity contribution in [2.24, 2.45) is 0 Å². The third-order valence-corrected chi connectivity index (χ3v) is 5.15. The van der Waals surface area contributed by atoms with Crippen molar-refractivity contribution in [3.8, 4) is 5.75 Å². The van der Waals surface area contributed by atoms with E-state index in [1.54, 1.807) is 25.1 Å². The molecule has 0 aliphatic rings. The van der Waals surface area contributed by atoms with Gasteiger partial charge in [0.05, 0.1) is 13.3 Å². The van der Waals surface area contributed by atoms with Gasteiger partial charge in [0, 0.05) is 21.7 Å². The molecule has 0 spiro atoms. The van der Waals surface area contributed by atoms with E-state index in [0.29, 0.717) is 11.5 Å². The van der Waals surface area contributed by atoms with Crippen LogP contribution in [0.4, 0.5) is 0 Å². The van der Waals surface area contributed by atoms with E-state index in [4.69, 9.17) is 4.74 Å². The standard InChI is InChI=1S/C15H19BrN2O2S/c1-3-8-18-15(13(20-2)9-17-18)12(19)10-21-14-7-5-4-6-11(14)16/h4-7,9,12,19H,3,8,10H2,1-2H3. The maximum Gasteiger partial charge on any atom is 0.162 e. The molecular weight excluding hydrogens is 352 g/mol. The van der Waals surface area contributed by atoms with Crippen molar-refractivity contribution in [1.82, 2.24) is 9.78 Å². The summed E-state index contributed by atoms with van der Waals surface area (Å²) in [6.07, 6.45) is 2.00. The summed E-state index contributed by atoms with van der Waals surface area (Å²) in [7, 11) is 1.60. The maximum absolute atomic E-state index is 10.5. The van der Waals surface area contributed by atoms with Gasteiger partial charge in [-0.2, -0.15) is 5.10 Å². The van der Waals surface area contributed by atoms with Crippen molar-refractivity contribution in [3.63, 3.8) is 0 Å². The first-order valence-corrected chi connectivity index (χ1v) is 8.60. The molecule has 0 amide bonds. The molecule has 0 bridgehead atoms. The minimum Gasteiger partial charge on any atom is -0.493 e. The molecule has 1 aromatic heterocycles. The largest absolute Gasteiger partial charge is 0.493 e. The van der Waals surface area contributed by atoms with Crippen molar-refractivity contribution in [3.05, 3.63) is 40.6 Å². The van der Waals surface area contributed by atoms with Crippen LogP contribution in [-0.4, -0.2) is 27.7 Å². The fraction of sp³-hybridized carbons (Fsp3) is 0.400. The van der Waals surface area contributed by atoms with E-state index in [1.165, 1.54) is 0 Å². The van der Waals surface area contributed by atoms with Gasteiger partial charge in [-0.25, -0.2) is 0 Å². The summed E-state index contributed by atoms with van der Waals surface area (Å²) in [6, 6.07) is 7.99. The van der Waals surface area contributed by atoms with E-state index >= 15 is 0 Å². The topological polar surface area (TPSA) is 47.3 Å². The van der Waals surface area contributed by atoms with Gasteiger partial charge in [0.1, 0.15) is 11.8 Å². The number of nitrogens with zero attached hydrogens (tertiary/aromatic N) is 2. The van der Waals surface area contributed by atoms with Crippen LogP contribution in [0, 0.1) is 0 Å². The van der Waals surface area contributed by atoms with Crippen LogP contribution in [0.2, 0.25) is 0 Å². The number of aromatic nitrogens is 2. The first kappa shape index (κ1) is 16.4. The Labute approximate surface area is 137 Å². The van der Waals surface area contributed by atoms with Gasteiger partial charge in [-0.1, -0.05) is 19.1 Å². The van der Waals surface area contributed by atoms with Crippen molar-refractivity contribution < 1.29 is 9.84 Å². The minimum atomic E-state index is -0.619. The molecule has 6 heteroatoms. The highest BCUT2D eigenvalue weighted by Gasteiger charge is 2.20. The summed E-state index contributed by atoms with van der Waals surface area (Å²) in [5.74, 6) is 1.19. The molecule has 0 fully saturated rings. The number of aliphatic hydroxyl groups is 1. The smallest absolute Gasteiger partial charge is 0.162 e. The van der Waals surface area contributed by atoms with Gasteiger partial charge in [0.25, 0.3) is 0 Å². The monoisotopic (exact) mass is 370 g/mol. The number of aryl methyl sites for hydroxylation is 1. The Morgan fingerprint density at radius 2 is 2.19 bits per heavy atom. The van der Waals surface area contributed by atoms with Crippen LogP contribution in [0.5, 0.6) is 5.75 Å². The number of rotatable bonds is 7. The van der Waals surface area contributed by atoms with Crippen LogP contribution >= 0.6 is 27.7 Å². The molecule has 4 nitrogen and oxygen atoms in total. The van der Waals surface area contributed by atoms with Gasteiger partial charge in [-0.3, -0.25) is 4.68 Å². The van der Waals surface area contributed by atoms with Crippen molar-refractivity contribution in [2.45, 2.75) is 30.9 Å². The summed E-state index contributed by atoms with van der Waals surface area (Å²) in [4.78, 5) is 1.11. The molecule has 0 saturated heterocycles. The third kappa shape index (κ3) is 4.02. The fourth-order valence-electron chi connectivity index (χ4n) is 2.07. The normalized spacial score (nSPS) is 12.4. The van der Waals surface area contributed by atoms with Gasteiger partial charge >= 0.3 is 0 Å². The molecule has 2 rings (SSSR count). The third-order valence-electron chi connectivity index (χ3n) is 3.05. The molecule has 1 atom stereocenters. The molecular formula is C15H19BrN2O2S. The zero-order chi connectivity index (χ0) is 15.2. The van der Waals surface area contributed by atoms with E-state index in [1.807, 2.05) is 28.9 Å². The second kappa shape index (κ2) is 7.87. The molecule has 1 heterocycles. The quantitative estimate of drug-likeness (QED) is 0.751. The molecule has 0 aliphatic carbocycles. The lowest BCUT2D eigenvalue weighted by atomic mass is 10.2. The van der Waals surface area contributed by atoms with Gasteiger partial charge in [0.2, 0.25) is 0 Å². The van der Waals surface area contributed by atoms with Gasteiger partial charge < -0.3 is 9.84 Å². The van der Waals surface area contributed by atoms with E-state index < -0.39 is 6.10 Å². The highest BCUT2D eigenvalue weighted by Crippen LogP contribution is 2.33. The number of thioether (sulfide) groups is 1. The Hall–Kier alpha value is -0.980. The van der Waals surface area contributed by atoms with Gasteiger partial charge in [-0.15, -0.1) is 11.8 Å². The van der Waals surface area contributed by atoms with Crippen molar-refractivity contribution in [1.29, 1.82) is 0 Å². The van der Waals surface area contributed by atoms with Crippen LogP contribution in [0.1, 0.15) is 25.1 Å². The summed E-state index contributed by atoms with van der Waals surface area (Å²) in [5, 5.41) is 14.8. The van der Waals surface area contributed by atoms with Crippen LogP contribution in [0.3, 0.4) is 0 Å². The second-order valence-corrected chi connectivity index (χ2v) is 6.49. The molecule has 1 aromatic carbocycles. The number of hydrogen-bond donors (Lipinski definition) is 1. The molecule has 114 valence electrons. The summed E-state index contributed by atoms with van der Waals surface area (Å²) >= 11 is 5.12. The molecule has 2 aromatic rings. The maximum atomic E-state index is 10.5. The van der Waals surface area contributed by atoms with Crippen molar-refractivity contribution >= 4 is 27.7 Å². The number of halogens is 1. The Morgan fingerprint density at radius 1 is 1.43 bits per heavy atom.